The smallest absolute Gasteiger partial charge is 0.335 e. The molecule has 4 rings (SSSR count). The average Bonchev–Trinajstić information content (AvgIpc) is 3.56. The number of hydrogen-bond acceptors (Lipinski definition) is 6. The lowest BCUT2D eigenvalue weighted by molar-refractivity contribution is -0.118. The zero-order valence-corrected chi connectivity index (χ0v) is 24.4. The molecule has 1 aromatic heterocycles. The summed E-state index contributed by atoms with van der Waals surface area (Å²) in [5.41, 5.74) is 4.97. The Hall–Kier alpha value is -3.98. The first-order chi connectivity index (χ1) is 20.5. The number of carboxylic acid groups (broad SMARTS) is 1. The number of hydrogen-bond donors (Lipinski definition) is 1. The SMILES string of the molecule is O=NC(=O)CCCCN(Cc1ccc(C(=O)O)cc1)CC(OCc1ccc(CCc2ccccc2)cc1)c1cccs1. The van der Waals surface area contributed by atoms with Crippen molar-refractivity contribution >= 4 is 23.2 Å². The van der Waals surface area contributed by atoms with Crippen LogP contribution in [0.2, 0.25) is 0 Å². The number of aromatic carboxylic acids is 1. The molecule has 1 N–H and O–H groups in total. The monoisotopic (exact) mass is 584 g/mol. The summed E-state index contributed by atoms with van der Waals surface area (Å²) in [6.45, 7) is 2.38. The zero-order valence-electron chi connectivity index (χ0n) is 23.6. The molecule has 0 fully saturated rings. The lowest BCUT2D eigenvalue weighted by Gasteiger charge is -2.27. The van der Waals surface area contributed by atoms with E-state index in [1.165, 1.54) is 11.1 Å². The van der Waals surface area contributed by atoms with Gasteiger partial charge in [-0.15, -0.1) is 16.2 Å². The van der Waals surface area contributed by atoms with Crippen molar-refractivity contribution in [1.29, 1.82) is 0 Å². The Labute approximate surface area is 250 Å². The van der Waals surface area contributed by atoms with E-state index in [0.29, 0.717) is 32.7 Å². The summed E-state index contributed by atoms with van der Waals surface area (Å²) in [6, 6.07) is 30.1. The van der Waals surface area contributed by atoms with E-state index in [-0.39, 0.29) is 18.1 Å². The van der Waals surface area contributed by atoms with E-state index >= 15 is 0 Å². The van der Waals surface area contributed by atoms with Crippen LogP contribution < -0.4 is 0 Å². The number of carboxylic acids is 1. The number of nitrogens with zero attached hydrogens (tertiary/aromatic N) is 2. The number of aryl methyl sites for hydroxylation is 2. The van der Waals surface area contributed by atoms with E-state index in [0.717, 1.165) is 35.3 Å². The third-order valence-electron chi connectivity index (χ3n) is 7.13. The minimum Gasteiger partial charge on any atom is -0.478 e. The molecule has 0 aliphatic heterocycles. The van der Waals surface area contributed by atoms with Crippen molar-refractivity contribution in [3.05, 3.63) is 134 Å². The Morgan fingerprint density at radius 2 is 1.48 bits per heavy atom. The van der Waals surface area contributed by atoms with E-state index in [1.54, 1.807) is 23.5 Å². The van der Waals surface area contributed by atoms with E-state index in [1.807, 2.05) is 29.6 Å². The predicted molar refractivity (Wildman–Crippen MR) is 165 cm³/mol. The van der Waals surface area contributed by atoms with Crippen molar-refractivity contribution in [3.63, 3.8) is 0 Å². The van der Waals surface area contributed by atoms with E-state index in [4.69, 9.17) is 4.74 Å². The highest BCUT2D eigenvalue weighted by Gasteiger charge is 2.19. The topological polar surface area (TPSA) is 96.3 Å². The van der Waals surface area contributed by atoms with Gasteiger partial charge in [-0.3, -0.25) is 9.69 Å². The quantitative estimate of drug-likeness (QED) is 0.102. The summed E-state index contributed by atoms with van der Waals surface area (Å²) in [6.07, 6.45) is 3.25. The fraction of sp³-hybridized carbons (Fsp3) is 0.294. The van der Waals surface area contributed by atoms with Gasteiger partial charge in [-0.05, 0) is 78.1 Å². The molecule has 0 radical (unpaired) electrons. The second-order valence-corrected chi connectivity index (χ2v) is 11.3. The average molecular weight is 585 g/mol. The van der Waals surface area contributed by atoms with Crippen LogP contribution in [0.15, 0.2) is 102 Å². The molecule has 1 amide bonds. The molecule has 0 saturated carbocycles. The molecular formula is C34H36N2O5S. The molecule has 3 aromatic carbocycles. The van der Waals surface area contributed by atoms with Gasteiger partial charge in [-0.2, -0.15) is 0 Å². The number of thiophene rings is 1. The van der Waals surface area contributed by atoms with Crippen LogP contribution in [0.4, 0.5) is 0 Å². The molecule has 1 atom stereocenters. The fourth-order valence-electron chi connectivity index (χ4n) is 4.77. The summed E-state index contributed by atoms with van der Waals surface area (Å²) in [7, 11) is 0. The highest BCUT2D eigenvalue weighted by molar-refractivity contribution is 7.10. The van der Waals surface area contributed by atoms with Gasteiger partial charge in [-0.1, -0.05) is 72.8 Å². The van der Waals surface area contributed by atoms with Gasteiger partial charge in [-0.25, -0.2) is 4.79 Å². The van der Waals surface area contributed by atoms with Crippen molar-refractivity contribution < 1.29 is 19.4 Å². The van der Waals surface area contributed by atoms with Crippen LogP contribution in [0, 0.1) is 4.91 Å². The van der Waals surface area contributed by atoms with Crippen LogP contribution >= 0.6 is 11.3 Å². The van der Waals surface area contributed by atoms with Crippen LogP contribution in [-0.2, 0) is 35.5 Å². The Balaban J connectivity index is 1.39. The summed E-state index contributed by atoms with van der Waals surface area (Å²) >= 11 is 1.65. The van der Waals surface area contributed by atoms with Gasteiger partial charge in [0.1, 0.15) is 6.10 Å². The summed E-state index contributed by atoms with van der Waals surface area (Å²) in [4.78, 5) is 36.5. The minimum atomic E-state index is -0.956. The highest BCUT2D eigenvalue weighted by atomic mass is 32.1. The maximum absolute atomic E-state index is 11.4. The lowest BCUT2D eigenvalue weighted by atomic mass is 10.0. The molecule has 42 heavy (non-hydrogen) atoms. The normalized spacial score (nSPS) is 11.8. The van der Waals surface area contributed by atoms with Crippen molar-refractivity contribution in [3.8, 4) is 0 Å². The number of nitroso groups, excluding NO2 is 1. The number of benzene rings is 3. The Morgan fingerprint density at radius 1 is 0.810 bits per heavy atom. The predicted octanol–water partition coefficient (Wildman–Crippen LogP) is 7.45. The molecule has 218 valence electrons. The summed E-state index contributed by atoms with van der Waals surface area (Å²) in [5, 5.41) is 13.8. The summed E-state index contributed by atoms with van der Waals surface area (Å²) < 4.78 is 6.50. The second kappa shape index (κ2) is 16.5. The standard InChI is InChI=1S/C34H36N2O5S/c37-33(35-40)10-4-5-21-36(23-28-17-19-30(20-18-28)34(38)39)24-31(32-9-6-22-42-32)41-25-29-15-13-27(14-16-29)12-11-26-7-2-1-3-8-26/h1-3,6-9,13-20,22,31H,4-5,10-12,21,23-25H2,(H,38,39). The number of amides is 1. The van der Waals surface area contributed by atoms with Crippen LogP contribution in [0.5, 0.6) is 0 Å². The Kier molecular flexibility index (Phi) is 12.1. The minimum absolute atomic E-state index is 0.136. The van der Waals surface area contributed by atoms with Crippen molar-refractivity contribution in [2.24, 2.45) is 5.18 Å². The number of carbonyl (C=O) groups is 2. The maximum Gasteiger partial charge on any atom is 0.335 e. The lowest BCUT2D eigenvalue weighted by Crippen LogP contribution is -2.30. The van der Waals surface area contributed by atoms with Gasteiger partial charge in [0.05, 0.1) is 12.2 Å². The van der Waals surface area contributed by atoms with Gasteiger partial charge >= 0.3 is 5.97 Å². The Bertz CT molecular complexity index is 1390. The first-order valence-corrected chi connectivity index (χ1v) is 15.1. The molecule has 4 aromatic rings. The van der Waals surface area contributed by atoms with Gasteiger partial charge < -0.3 is 9.84 Å². The maximum atomic E-state index is 11.4. The van der Waals surface area contributed by atoms with Gasteiger partial charge in [0.25, 0.3) is 5.91 Å². The van der Waals surface area contributed by atoms with E-state index < -0.39 is 11.9 Å². The zero-order chi connectivity index (χ0) is 29.6. The summed E-state index contributed by atoms with van der Waals surface area (Å²) in [5.74, 6) is -1.58. The van der Waals surface area contributed by atoms with E-state index in [2.05, 4.69) is 64.7 Å². The van der Waals surface area contributed by atoms with Crippen molar-refractivity contribution in [1.82, 2.24) is 4.90 Å². The molecule has 0 saturated heterocycles. The molecule has 1 heterocycles. The van der Waals surface area contributed by atoms with E-state index in [9.17, 15) is 19.6 Å². The van der Waals surface area contributed by atoms with Crippen molar-refractivity contribution in [2.45, 2.75) is 51.4 Å². The first-order valence-electron chi connectivity index (χ1n) is 14.2. The molecule has 1 unspecified atom stereocenters. The molecule has 0 aliphatic carbocycles. The molecule has 0 bridgehead atoms. The second-order valence-electron chi connectivity index (χ2n) is 10.3. The number of rotatable bonds is 17. The molecule has 0 aliphatic rings. The van der Waals surface area contributed by atoms with Crippen LogP contribution in [0.3, 0.4) is 0 Å². The Morgan fingerprint density at radius 3 is 2.12 bits per heavy atom. The van der Waals surface area contributed by atoms with Gasteiger partial charge in [0.15, 0.2) is 0 Å². The number of carbonyl (C=O) groups excluding carboxylic acids is 1. The van der Waals surface area contributed by atoms with Crippen LogP contribution in [0.1, 0.15) is 62.9 Å². The fourth-order valence-corrected chi connectivity index (χ4v) is 5.53. The van der Waals surface area contributed by atoms with Gasteiger partial charge in [0.2, 0.25) is 0 Å². The molecule has 8 heteroatoms. The van der Waals surface area contributed by atoms with Gasteiger partial charge in [0, 0.05) is 29.6 Å². The molecular weight excluding hydrogens is 548 g/mol. The third-order valence-corrected chi connectivity index (χ3v) is 8.09. The number of unbranched alkanes of at least 4 members (excludes halogenated alkanes) is 1. The molecule has 7 nitrogen and oxygen atoms in total. The molecule has 0 spiro atoms. The largest absolute Gasteiger partial charge is 0.478 e. The first kappa shape index (κ1) is 31.0. The highest BCUT2D eigenvalue weighted by Crippen LogP contribution is 2.26. The van der Waals surface area contributed by atoms with Crippen LogP contribution in [-0.4, -0.2) is 35.0 Å². The van der Waals surface area contributed by atoms with Crippen LogP contribution in [0.25, 0.3) is 0 Å². The number of ether oxygens (including phenoxy) is 1. The third kappa shape index (κ3) is 10.1. The van der Waals surface area contributed by atoms with Crippen molar-refractivity contribution in [2.75, 3.05) is 13.1 Å².